The average molecular weight is 264 g/mol. The number of unbranched alkanes of at least 4 members (excludes halogenated alkanes) is 2. The molecule has 1 aromatic rings. The van der Waals surface area contributed by atoms with Crippen LogP contribution in [-0.2, 0) is 19.3 Å². The summed E-state index contributed by atoms with van der Waals surface area (Å²) in [4.78, 5) is 0. The molecule has 1 N–H and O–H groups in total. The molecule has 0 spiro atoms. The van der Waals surface area contributed by atoms with Crippen LogP contribution < -0.4 is 0 Å². The Balaban J connectivity index is 0.00000154. The molecule has 0 unspecified atom stereocenters. The number of aryl methyl sites for hydroxylation is 3. The molecule has 1 heteroatoms. The zero-order chi connectivity index (χ0) is 14.7. The monoisotopic (exact) mass is 264 g/mol. The smallest absolute Gasteiger partial charge is 0.121 e. The third kappa shape index (κ3) is 6.13. The topological polar surface area (TPSA) is 20.2 Å². The van der Waals surface area contributed by atoms with Crippen molar-refractivity contribution >= 4 is 0 Å². The molecule has 110 valence electrons. The molecule has 0 aromatic heterocycles. The maximum Gasteiger partial charge on any atom is 0.121 e. The molecule has 0 atom stereocenters. The Labute approximate surface area is 120 Å². The van der Waals surface area contributed by atoms with E-state index >= 15 is 0 Å². The maximum atomic E-state index is 10.2. The zero-order valence-corrected chi connectivity index (χ0v) is 13.6. The van der Waals surface area contributed by atoms with Crippen LogP contribution in [-0.4, -0.2) is 5.11 Å². The molecule has 0 aliphatic carbocycles. The molecule has 0 heterocycles. The van der Waals surface area contributed by atoms with Gasteiger partial charge >= 0.3 is 0 Å². The molecule has 19 heavy (non-hydrogen) atoms. The van der Waals surface area contributed by atoms with Gasteiger partial charge in [0.25, 0.3) is 0 Å². The van der Waals surface area contributed by atoms with Gasteiger partial charge in [-0.15, -0.1) is 0 Å². The Morgan fingerprint density at radius 1 is 0.842 bits per heavy atom. The summed E-state index contributed by atoms with van der Waals surface area (Å²) in [5.74, 6) is 0.543. The van der Waals surface area contributed by atoms with Crippen molar-refractivity contribution in [1.82, 2.24) is 0 Å². The van der Waals surface area contributed by atoms with Gasteiger partial charge in [-0.1, -0.05) is 59.6 Å². The van der Waals surface area contributed by atoms with E-state index in [2.05, 4.69) is 32.9 Å². The Morgan fingerprint density at radius 2 is 1.37 bits per heavy atom. The first-order chi connectivity index (χ1) is 9.22. The van der Waals surface area contributed by atoms with Gasteiger partial charge in [-0.3, -0.25) is 0 Å². The Hall–Kier alpha value is -0.980. The number of rotatable bonds is 7. The molecule has 0 fully saturated rings. The molecule has 1 rings (SSSR count). The van der Waals surface area contributed by atoms with Crippen molar-refractivity contribution in [2.24, 2.45) is 0 Å². The molecular formula is C18H32O. The Morgan fingerprint density at radius 3 is 1.89 bits per heavy atom. The summed E-state index contributed by atoms with van der Waals surface area (Å²) in [6.45, 7) is 10.5. The highest BCUT2D eigenvalue weighted by molar-refractivity contribution is 5.44. The lowest BCUT2D eigenvalue weighted by Gasteiger charge is -2.12. The second kappa shape index (κ2) is 10.9. The average Bonchev–Trinajstić information content (AvgIpc) is 2.46. The van der Waals surface area contributed by atoms with Crippen molar-refractivity contribution in [3.8, 4) is 5.75 Å². The van der Waals surface area contributed by atoms with Crippen LogP contribution >= 0.6 is 0 Å². The third-order valence-electron chi connectivity index (χ3n) is 3.33. The number of benzene rings is 1. The summed E-state index contributed by atoms with van der Waals surface area (Å²) in [5.41, 5.74) is 3.66. The fourth-order valence-electron chi connectivity index (χ4n) is 2.18. The summed E-state index contributed by atoms with van der Waals surface area (Å²) in [5, 5.41) is 10.2. The minimum atomic E-state index is 0.543. The van der Waals surface area contributed by atoms with Gasteiger partial charge in [0.05, 0.1) is 0 Å². The van der Waals surface area contributed by atoms with Crippen molar-refractivity contribution in [1.29, 1.82) is 0 Å². The van der Waals surface area contributed by atoms with Crippen molar-refractivity contribution in [2.45, 2.75) is 79.6 Å². The van der Waals surface area contributed by atoms with E-state index in [1.54, 1.807) is 0 Å². The number of hydrogen-bond donors (Lipinski definition) is 1. The van der Waals surface area contributed by atoms with Crippen molar-refractivity contribution in [3.05, 3.63) is 28.8 Å². The fourth-order valence-corrected chi connectivity index (χ4v) is 2.18. The van der Waals surface area contributed by atoms with E-state index in [0.29, 0.717) is 5.75 Å². The quantitative estimate of drug-likeness (QED) is 0.673. The van der Waals surface area contributed by atoms with Gasteiger partial charge < -0.3 is 5.11 Å². The molecule has 0 aliphatic rings. The van der Waals surface area contributed by atoms with E-state index in [0.717, 1.165) is 36.8 Å². The molecular weight excluding hydrogens is 232 g/mol. The van der Waals surface area contributed by atoms with E-state index in [4.69, 9.17) is 0 Å². The van der Waals surface area contributed by atoms with Gasteiger partial charge in [-0.25, -0.2) is 0 Å². The van der Waals surface area contributed by atoms with Crippen LogP contribution in [0.5, 0.6) is 5.75 Å². The van der Waals surface area contributed by atoms with Crippen molar-refractivity contribution in [2.75, 3.05) is 0 Å². The predicted molar refractivity (Wildman–Crippen MR) is 86.1 cm³/mol. The second-order valence-electron chi connectivity index (χ2n) is 4.82. The molecule has 0 amide bonds. The highest BCUT2D eigenvalue weighted by Crippen LogP contribution is 2.27. The third-order valence-corrected chi connectivity index (χ3v) is 3.33. The van der Waals surface area contributed by atoms with E-state index in [9.17, 15) is 5.11 Å². The fraction of sp³-hybridized carbons (Fsp3) is 0.667. The summed E-state index contributed by atoms with van der Waals surface area (Å²) in [6, 6.07) is 4.39. The maximum absolute atomic E-state index is 10.2. The summed E-state index contributed by atoms with van der Waals surface area (Å²) in [6.07, 6.45) is 7.88. The SMILES string of the molecule is CC.CCCCc1cc(CC)c(O)c(CCCC)c1. The first kappa shape index (κ1) is 18.0. The molecule has 0 saturated heterocycles. The molecule has 1 aromatic carbocycles. The highest BCUT2D eigenvalue weighted by Gasteiger charge is 2.08. The summed E-state index contributed by atoms with van der Waals surface area (Å²) < 4.78 is 0. The number of aromatic hydroxyl groups is 1. The van der Waals surface area contributed by atoms with Gasteiger partial charge in [0.15, 0.2) is 0 Å². The molecule has 0 saturated carbocycles. The molecule has 0 aliphatic heterocycles. The van der Waals surface area contributed by atoms with Crippen LogP contribution in [0, 0.1) is 0 Å². The molecule has 1 nitrogen and oxygen atoms in total. The highest BCUT2D eigenvalue weighted by atomic mass is 16.3. The minimum Gasteiger partial charge on any atom is -0.507 e. The molecule has 0 radical (unpaired) electrons. The van der Waals surface area contributed by atoms with Gasteiger partial charge in [0, 0.05) is 0 Å². The minimum absolute atomic E-state index is 0.543. The first-order valence-corrected chi connectivity index (χ1v) is 8.06. The van der Waals surface area contributed by atoms with Crippen LogP contribution in [0.2, 0.25) is 0 Å². The van der Waals surface area contributed by atoms with E-state index in [1.165, 1.54) is 24.8 Å². The zero-order valence-electron chi connectivity index (χ0n) is 13.6. The van der Waals surface area contributed by atoms with Crippen LogP contribution in [0.15, 0.2) is 12.1 Å². The predicted octanol–water partition coefficient (Wildman–Crippen LogP) is 5.67. The van der Waals surface area contributed by atoms with Crippen LogP contribution in [0.1, 0.15) is 77.0 Å². The summed E-state index contributed by atoms with van der Waals surface area (Å²) >= 11 is 0. The lowest BCUT2D eigenvalue weighted by atomic mass is 9.96. The van der Waals surface area contributed by atoms with Crippen molar-refractivity contribution < 1.29 is 5.11 Å². The number of phenols is 1. The Kier molecular flexibility index (Phi) is 10.3. The van der Waals surface area contributed by atoms with Crippen LogP contribution in [0.3, 0.4) is 0 Å². The number of phenolic OH excluding ortho intramolecular Hbond substituents is 1. The lowest BCUT2D eigenvalue weighted by Crippen LogP contribution is -1.95. The van der Waals surface area contributed by atoms with E-state index in [1.807, 2.05) is 13.8 Å². The van der Waals surface area contributed by atoms with Crippen LogP contribution in [0.4, 0.5) is 0 Å². The standard InChI is InChI=1S/C16H26O.C2H6/c1-4-7-9-13-11-14(6-3)16(17)15(12-13)10-8-5-2;1-2/h11-12,17H,4-10H2,1-3H3;1-2H3. The Bertz CT molecular complexity index is 342. The van der Waals surface area contributed by atoms with Crippen LogP contribution in [0.25, 0.3) is 0 Å². The van der Waals surface area contributed by atoms with E-state index < -0.39 is 0 Å². The van der Waals surface area contributed by atoms with E-state index in [-0.39, 0.29) is 0 Å². The van der Waals surface area contributed by atoms with Gasteiger partial charge in [-0.05, 0) is 48.8 Å². The first-order valence-electron chi connectivity index (χ1n) is 8.06. The van der Waals surface area contributed by atoms with Crippen molar-refractivity contribution in [3.63, 3.8) is 0 Å². The normalized spacial score (nSPS) is 9.95. The van der Waals surface area contributed by atoms with Gasteiger partial charge in [0.2, 0.25) is 0 Å². The van der Waals surface area contributed by atoms with Gasteiger partial charge in [-0.2, -0.15) is 0 Å². The largest absolute Gasteiger partial charge is 0.507 e. The van der Waals surface area contributed by atoms with Gasteiger partial charge in [0.1, 0.15) is 5.75 Å². The second-order valence-corrected chi connectivity index (χ2v) is 4.82. The number of hydrogen-bond acceptors (Lipinski definition) is 1. The molecule has 0 bridgehead atoms. The lowest BCUT2D eigenvalue weighted by molar-refractivity contribution is 0.460. The summed E-state index contributed by atoms with van der Waals surface area (Å²) in [7, 11) is 0.